The number of hydrogen-bond acceptors (Lipinski definition) is 5. The first-order valence-corrected chi connectivity index (χ1v) is 6.60. The normalized spacial score (nSPS) is 12.1. The van der Waals surface area contributed by atoms with E-state index in [4.69, 9.17) is 10.8 Å². The van der Waals surface area contributed by atoms with E-state index in [2.05, 4.69) is 10.3 Å². The maximum Gasteiger partial charge on any atom is 0.335 e. The van der Waals surface area contributed by atoms with E-state index in [0.29, 0.717) is 11.4 Å². The van der Waals surface area contributed by atoms with Gasteiger partial charge in [0.05, 0.1) is 23.0 Å². The summed E-state index contributed by atoms with van der Waals surface area (Å²) in [6.45, 7) is 3.99. The van der Waals surface area contributed by atoms with Gasteiger partial charge in [-0.25, -0.2) is 9.78 Å². The number of thiazole rings is 1. The number of carboxylic acids is 1. The lowest BCUT2D eigenvalue weighted by Crippen LogP contribution is -2.09. The quantitative estimate of drug-likeness (QED) is 0.748. The van der Waals surface area contributed by atoms with Gasteiger partial charge in [0.2, 0.25) is 0 Å². The molecule has 1 aromatic carbocycles. The molecule has 0 saturated carbocycles. The minimum absolute atomic E-state index is 0.0247. The Morgan fingerprint density at radius 2 is 2.26 bits per heavy atom. The molecule has 19 heavy (non-hydrogen) atoms. The Kier molecular flexibility index (Phi) is 3.71. The van der Waals surface area contributed by atoms with Crippen molar-refractivity contribution in [1.82, 2.24) is 4.98 Å². The molecule has 1 unspecified atom stereocenters. The highest BCUT2D eigenvalue weighted by Gasteiger charge is 2.12. The summed E-state index contributed by atoms with van der Waals surface area (Å²) < 4.78 is 0. The number of anilines is 2. The minimum atomic E-state index is -0.984. The molecular formula is C13H15N3O2S. The summed E-state index contributed by atoms with van der Waals surface area (Å²) in [6.07, 6.45) is 1.83. The second-order valence-electron chi connectivity index (χ2n) is 4.28. The van der Waals surface area contributed by atoms with E-state index in [1.807, 2.05) is 20.0 Å². The fraction of sp³-hybridized carbons (Fsp3) is 0.231. The summed E-state index contributed by atoms with van der Waals surface area (Å²) in [5, 5.41) is 13.1. The topological polar surface area (TPSA) is 88.2 Å². The molecule has 0 fully saturated rings. The minimum Gasteiger partial charge on any atom is -0.478 e. The average molecular weight is 277 g/mol. The maximum absolute atomic E-state index is 10.8. The first-order valence-electron chi connectivity index (χ1n) is 5.79. The molecular weight excluding hydrogens is 262 g/mol. The van der Waals surface area contributed by atoms with Crippen LogP contribution in [0.1, 0.15) is 33.2 Å². The zero-order valence-corrected chi connectivity index (χ0v) is 11.5. The molecule has 0 radical (unpaired) electrons. The SMILES string of the molecule is Cc1cnc(C(C)Nc2ccc(C(=O)O)cc2N)s1. The second kappa shape index (κ2) is 5.27. The molecule has 2 rings (SSSR count). The van der Waals surface area contributed by atoms with Crippen LogP contribution in [0.5, 0.6) is 0 Å². The number of nitrogens with one attached hydrogen (secondary N) is 1. The molecule has 0 spiro atoms. The van der Waals surface area contributed by atoms with Gasteiger partial charge in [-0.05, 0) is 32.0 Å². The molecule has 5 nitrogen and oxygen atoms in total. The number of hydrogen-bond donors (Lipinski definition) is 3. The molecule has 0 aliphatic carbocycles. The monoisotopic (exact) mass is 277 g/mol. The number of benzene rings is 1. The predicted octanol–water partition coefficient (Wildman–Crippen LogP) is 2.91. The van der Waals surface area contributed by atoms with Gasteiger partial charge in [0, 0.05) is 11.1 Å². The van der Waals surface area contributed by atoms with E-state index in [1.165, 1.54) is 12.1 Å². The van der Waals surface area contributed by atoms with Gasteiger partial charge in [0.1, 0.15) is 5.01 Å². The van der Waals surface area contributed by atoms with E-state index in [1.54, 1.807) is 17.4 Å². The highest BCUT2D eigenvalue weighted by molar-refractivity contribution is 7.11. The third kappa shape index (κ3) is 3.03. The van der Waals surface area contributed by atoms with Crippen molar-refractivity contribution in [3.8, 4) is 0 Å². The lowest BCUT2D eigenvalue weighted by molar-refractivity contribution is 0.0697. The molecule has 0 aliphatic heterocycles. The van der Waals surface area contributed by atoms with E-state index in [0.717, 1.165) is 9.88 Å². The van der Waals surface area contributed by atoms with Crippen LogP contribution in [-0.4, -0.2) is 16.1 Å². The molecule has 0 bridgehead atoms. The van der Waals surface area contributed by atoms with Gasteiger partial charge in [0.15, 0.2) is 0 Å². The van der Waals surface area contributed by atoms with Crippen molar-refractivity contribution in [2.45, 2.75) is 19.9 Å². The van der Waals surface area contributed by atoms with Crippen molar-refractivity contribution in [2.75, 3.05) is 11.1 Å². The fourth-order valence-electron chi connectivity index (χ4n) is 1.69. The van der Waals surface area contributed by atoms with Gasteiger partial charge in [-0.2, -0.15) is 0 Å². The Morgan fingerprint density at radius 3 is 2.79 bits per heavy atom. The first-order chi connectivity index (χ1) is 8.97. The van der Waals surface area contributed by atoms with Crippen molar-refractivity contribution in [3.05, 3.63) is 39.8 Å². The fourth-order valence-corrected chi connectivity index (χ4v) is 2.47. The summed E-state index contributed by atoms with van der Waals surface area (Å²) in [7, 11) is 0. The van der Waals surface area contributed by atoms with Crippen LogP contribution in [0.2, 0.25) is 0 Å². The lowest BCUT2D eigenvalue weighted by Gasteiger charge is -2.15. The highest BCUT2D eigenvalue weighted by atomic mass is 32.1. The number of carboxylic acid groups (broad SMARTS) is 1. The second-order valence-corrected chi connectivity index (χ2v) is 5.55. The van der Waals surface area contributed by atoms with Crippen LogP contribution in [0, 0.1) is 6.92 Å². The lowest BCUT2D eigenvalue weighted by atomic mass is 10.1. The largest absolute Gasteiger partial charge is 0.478 e. The van der Waals surface area contributed by atoms with Crippen molar-refractivity contribution >= 4 is 28.7 Å². The van der Waals surface area contributed by atoms with Gasteiger partial charge in [-0.15, -0.1) is 11.3 Å². The highest BCUT2D eigenvalue weighted by Crippen LogP contribution is 2.27. The molecule has 100 valence electrons. The van der Waals surface area contributed by atoms with Crippen LogP contribution in [0.3, 0.4) is 0 Å². The van der Waals surface area contributed by atoms with Crippen LogP contribution >= 0.6 is 11.3 Å². The standard InChI is InChI=1S/C13H15N3O2S/c1-7-6-15-12(19-7)8(2)16-11-4-3-9(13(17)18)5-10(11)14/h3-6,8,16H,14H2,1-2H3,(H,17,18). The molecule has 1 aromatic heterocycles. The molecule has 1 heterocycles. The van der Waals surface area contributed by atoms with Gasteiger partial charge >= 0.3 is 5.97 Å². The number of aromatic carboxylic acids is 1. The van der Waals surface area contributed by atoms with Crippen molar-refractivity contribution < 1.29 is 9.90 Å². The number of nitrogen functional groups attached to an aromatic ring is 1. The number of aromatic nitrogens is 1. The van der Waals surface area contributed by atoms with E-state index < -0.39 is 5.97 Å². The number of rotatable bonds is 4. The Hall–Kier alpha value is -2.08. The average Bonchev–Trinajstić information content (AvgIpc) is 2.78. The van der Waals surface area contributed by atoms with Gasteiger partial charge in [0.25, 0.3) is 0 Å². The van der Waals surface area contributed by atoms with Crippen LogP contribution in [0.25, 0.3) is 0 Å². The van der Waals surface area contributed by atoms with Crippen molar-refractivity contribution in [1.29, 1.82) is 0 Å². The number of nitrogens with zero attached hydrogens (tertiary/aromatic N) is 1. The molecule has 0 aliphatic rings. The molecule has 0 saturated heterocycles. The van der Waals surface area contributed by atoms with Crippen molar-refractivity contribution in [3.63, 3.8) is 0 Å². The van der Waals surface area contributed by atoms with Crippen LogP contribution in [0.15, 0.2) is 24.4 Å². The molecule has 4 N–H and O–H groups in total. The van der Waals surface area contributed by atoms with Crippen molar-refractivity contribution in [2.24, 2.45) is 0 Å². The van der Waals surface area contributed by atoms with Crippen LogP contribution < -0.4 is 11.1 Å². The third-order valence-corrected chi connectivity index (χ3v) is 3.78. The Balaban J connectivity index is 2.17. The molecule has 1 atom stereocenters. The Labute approximate surface area is 115 Å². The number of nitrogens with two attached hydrogens (primary N) is 1. The summed E-state index contributed by atoms with van der Waals surface area (Å²) in [5.41, 5.74) is 7.16. The Morgan fingerprint density at radius 1 is 1.53 bits per heavy atom. The zero-order valence-electron chi connectivity index (χ0n) is 10.7. The number of carbonyl (C=O) groups is 1. The summed E-state index contributed by atoms with van der Waals surface area (Å²) >= 11 is 1.62. The third-order valence-electron chi connectivity index (χ3n) is 2.68. The van der Waals surface area contributed by atoms with Crippen LogP contribution in [0.4, 0.5) is 11.4 Å². The van der Waals surface area contributed by atoms with Crippen LogP contribution in [-0.2, 0) is 0 Å². The van der Waals surface area contributed by atoms with E-state index >= 15 is 0 Å². The summed E-state index contributed by atoms with van der Waals surface area (Å²) in [5.74, 6) is -0.984. The maximum atomic E-state index is 10.8. The van der Waals surface area contributed by atoms with E-state index in [-0.39, 0.29) is 11.6 Å². The summed E-state index contributed by atoms with van der Waals surface area (Å²) in [4.78, 5) is 16.3. The Bertz CT molecular complexity index is 610. The smallest absolute Gasteiger partial charge is 0.335 e. The zero-order chi connectivity index (χ0) is 14.0. The molecule has 2 aromatic rings. The van der Waals surface area contributed by atoms with Gasteiger partial charge in [-0.1, -0.05) is 0 Å². The first kappa shape index (κ1) is 13.4. The molecule has 6 heteroatoms. The van der Waals surface area contributed by atoms with E-state index in [9.17, 15) is 4.79 Å². The predicted molar refractivity (Wildman–Crippen MR) is 76.7 cm³/mol. The van der Waals surface area contributed by atoms with Gasteiger partial charge < -0.3 is 16.2 Å². The molecule has 0 amide bonds. The number of aryl methyl sites for hydroxylation is 1. The van der Waals surface area contributed by atoms with Gasteiger partial charge in [-0.3, -0.25) is 0 Å². The summed E-state index contributed by atoms with van der Waals surface area (Å²) in [6, 6.07) is 4.68.